The average Bonchev–Trinajstić information content (AvgIpc) is 3.02. The van der Waals surface area contributed by atoms with E-state index in [1.807, 2.05) is 30.3 Å². The van der Waals surface area contributed by atoms with Gasteiger partial charge in [-0.25, -0.2) is 9.78 Å². The number of fused-ring (bicyclic) bond motifs is 3. The number of ether oxygens (including phenoxy) is 1. The zero-order valence-corrected chi connectivity index (χ0v) is 17.4. The van der Waals surface area contributed by atoms with Gasteiger partial charge in [-0.05, 0) is 56.4 Å². The number of aryl methyl sites for hydroxylation is 1. The summed E-state index contributed by atoms with van der Waals surface area (Å²) in [6.07, 6.45) is 4.22. The van der Waals surface area contributed by atoms with E-state index in [1.165, 1.54) is 0 Å². The molecule has 4 aromatic rings. The second kappa shape index (κ2) is 7.95. The molecule has 2 aromatic carbocycles. The third kappa shape index (κ3) is 3.58. The number of rotatable bonds is 3. The van der Waals surface area contributed by atoms with Crippen LogP contribution in [0, 0.1) is 0 Å². The quantitative estimate of drug-likeness (QED) is 0.390. The Bertz CT molecular complexity index is 1360. The van der Waals surface area contributed by atoms with Crippen LogP contribution in [0.5, 0.6) is 0 Å². The van der Waals surface area contributed by atoms with Crippen LogP contribution in [0.3, 0.4) is 0 Å². The van der Waals surface area contributed by atoms with Crippen molar-refractivity contribution < 1.29 is 9.53 Å². The minimum absolute atomic E-state index is 0.244. The number of aromatic amines is 1. The van der Waals surface area contributed by atoms with Gasteiger partial charge in [0.15, 0.2) is 11.9 Å². The van der Waals surface area contributed by atoms with Gasteiger partial charge in [0, 0.05) is 11.1 Å². The molecule has 1 N–H and O–H groups in total. The standard InChI is InChI=1S/C25H23N3O3/c1-15(23-27-21-14-8-6-11-18(21)24(29)28-23)31-25(30)22-16-9-3-2-4-12-19(16)26-20-13-7-5-10-17(20)22/h5-8,10-11,13-15H,2-4,9,12H2,1H3,(H,27,28,29). The van der Waals surface area contributed by atoms with Crippen LogP contribution >= 0.6 is 0 Å². The number of nitrogens with zero attached hydrogens (tertiary/aromatic N) is 2. The van der Waals surface area contributed by atoms with Crippen molar-refractivity contribution in [3.05, 3.63) is 81.5 Å². The van der Waals surface area contributed by atoms with E-state index in [9.17, 15) is 9.59 Å². The van der Waals surface area contributed by atoms with Gasteiger partial charge in [0.1, 0.15) is 0 Å². The maximum absolute atomic E-state index is 13.4. The van der Waals surface area contributed by atoms with Crippen LogP contribution in [0.15, 0.2) is 53.3 Å². The van der Waals surface area contributed by atoms with E-state index in [1.54, 1.807) is 25.1 Å². The number of hydrogen-bond acceptors (Lipinski definition) is 5. The van der Waals surface area contributed by atoms with E-state index >= 15 is 0 Å². The highest BCUT2D eigenvalue weighted by atomic mass is 16.5. The number of para-hydroxylation sites is 2. The number of aromatic nitrogens is 3. The summed E-state index contributed by atoms with van der Waals surface area (Å²) in [4.78, 5) is 37.9. The molecule has 156 valence electrons. The molecule has 1 unspecified atom stereocenters. The number of benzene rings is 2. The number of pyridine rings is 1. The minimum atomic E-state index is -0.696. The normalized spacial score (nSPS) is 14.7. The smallest absolute Gasteiger partial charge is 0.339 e. The van der Waals surface area contributed by atoms with Crippen molar-refractivity contribution in [3.63, 3.8) is 0 Å². The lowest BCUT2D eigenvalue weighted by Gasteiger charge is -2.17. The Kier molecular flexibility index (Phi) is 4.98. The molecular weight excluding hydrogens is 390 g/mol. The maximum atomic E-state index is 13.4. The van der Waals surface area contributed by atoms with Gasteiger partial charge in [-0.1, -0.05) is 36.8 Å². The van der Waals surface area contributed by atoms with Gasteiger partial charge in [-0.3, -0.25) is 9.78 Å². The van der Waals surface area contributed by atoms with Gasteiger partial charge in [0.2, 0.25) is 0 Å². The average molecular weight is 413 g/mol. The molecule has 1 aliphatic carbocycles. The zero-order valence-electron chi connectivity index (χ0n) is 17.4. The summed E-state index contributed by atoms with van der Waals surface area (Å²) < 4.78 is 5.84. The van der Waals surface area contributed by atoms with E-state index in [4.69, 9.17) is 9.72 Å². The van der Waals surface area contributed by atoms with E-state index in [0.717, 1.165) is 54.3 Å². The highest BCUT2D eigenvalue weighted by molar-refractivity contribution is 6.05. The lowest BCUT2D eigenvalue weighted by Crippen LogP contribution is -2.19. The van der Waals surface area contributed by atoms with E-state index in [0.29, 0.717) is 22.3 Å². The van der Waals surface area contributed by atoms with Crippen LogP contribution in [-0.2, 0) is 17.6 Å². The molecule has 31 heavy (non-hydrogen) atoms. The first-order valence-corrected chi connectivity index (χ1v) is 10.7. The number of carbonyl (C=O) groups excluding carboxylic acids is 1. The molecule has 0 fully saturated rings. The molecule has 2 heterocycles. The number of carbonyl (C=O) groups is 1. The van der Waals surface area contributed by atoms with Gasteiger partial charge in [-0.15, -0.1) is 0 Å². The third-order valence-electron chi connectivity index (χ3n) is 5.92. The number of nitrogens with one attached hydrogen (secondary N) is 1. The number of esters is 1. The van der Waals surface area contributed by atoms with Crippen LogP contribution in [0.4, 0.5) is 0 Å². The molecule has 2 aromatic heterocycles. The van der Waals surface area contributed by atoms with E-state index in [-0.39, 0.29) is 5.56 Å². The summed E-state index contributed by atoms with van der Waals surface area (Å²) in [5, 5.41) is 1.32. The number of H-pyrrole nitrogens is 1. The van der Waals surface area contributed by atoms with Crippen molar-refractivity contribution in [1.82, 2.24) is 15.0 Å². The van der Waals surface area contributed by atoms with Gasteiger partial charge < -0.3 is 9.72 Å². The van der Waals surface area contributed by atoms with E-state index in [2.05, 4.69) is 9.97 Å². The molecule has 0 spiro atoms. The fourth-order valence-corrected chi connectivity index (χ4v) is 4.35. The highest BCUT2D eigenvalue weighted by Crippen LogP contribution is 2.30. The zero-order chi connectivity index (χ0) is 21.4. The molecule has 0 amide bonds. The van der Waals surface area contributed by atoms with Crippen molar-refractivity contribution in [1.29, 1.82) is 0 Å². The van der Waals surface area contributed by atoms with Crippen molar-refractivity contribution in [2.24, 2.45) is 0 Å². The van der Waals surface area contributed by atoms with Crippen molar-refractivity contribution in [2.75, 3.05) is 0 Å². The molecule has 1 aliphatic rings. The Morgan fingerprint density at radius 3 is 2.42 bits per heavy atom. The monoisotopic (exact) mass is 413 g/mol. The summed E-state index contributed by atoms with van der Waals surface area (Å²) in [6.45, 7) is 1.73. The van der Waals surface area contributed by atoms with Crippen molar-refractivity contribution >= 4 is 27.8 Å². The Morgan fingerprint density at radius 2 is 1.61 bits per heavy atom. The Morgan fingerprint density at radius 1 is 0.935 bits per heavy atom. The molecule has 0 bridgehead atoms. The van der Waals surface area contributed by atoms with Crippen molar-refractivity contribution in [2.45, 2.75) is 45.1 Å². The second-order valence-electron chi connectivity index (χ2n) is 8.01. The van der Waals surface area contributed by atoms with Crippen molar-refractivity contribution in [3.8, 4) is 0 Å². The molecule has 1 atom stereocenters. The lowest BCUT2D eigenvalue weighted by molar-refractivity contribution is 0.0321. The molecule has 0 aliphatic heterocycles. The molecular formula is C25H23N3O3. The van der Waals surface area contributed by atoms with Gasteiger partial charge in [-0.2, -0.15) is 0 Å². The Labute approximate surface area is 179 Å². The largest absolute Gasteiger partial charge is 0.451 e. The molecule has 0 saturated heterocycles. The molecule has 5 rings (SSSR count). The van der Waals surface area contributed by atoms with Crippen LogP contribution in [-0.4, -0.2) is 20.9 Å². The van der Waals surface area contributed by atoms with Gasteiger partial charge in [0.05, 0.1) is 22.0 Å². The summed E-state index contributed by atoms with van der Waals surface area (Å²) in [7, 11) is 0. The Hall–Kier alpha value is -3.54. The first-order valence-electron chi connectivity index (χ1n) is 10.7. The van der Waals surface area contributed by atoms with Gasteiger partial charge in [0.25, 0.3) is 5.56 Å². The topological polar surface area (TPSA) is 84.9 Å². The third-order valence-corrected chi connectivity index (χ3v) is 5.92. The van der Waals surface area contributed by atoms with Crippen LogP contribution in [0.1, 0.15) is 59.7 Å². The summed E-state index contributed by atoms with van der Waals surface area (Å²) in [6, 6.07) is 14.8. The van der Waals surface area contributed by atoms with Crippen LogP contribution < -0.4 is 5.56 Å². The fourth-order valence-electron chi connectivity index (χ4n) is 4.35. The molecule has 6 heteroatoms. The van der Waals surface area contributed by atoms with Gasteiger partial charge >= 0.3 is 5.97 Å². The van der Waals surface area contributed by atoms with Crippen LogP contribution in [0.2, 0.25) is 0 Å². The molecule has 0 radical (unpaired) electrons. The molecule has 6 nitrogen and oxygen atoms in total. The van der Waals surface area contributed by atoms with E-state index < -0.39 is 12.1 Å². The first-order chi connectivity index (χ1) is 15.1. The lowest BCUT2D eigenvalue weighted by atomic mass is 9.97. The summed E-state index contributed by atoms with van der Waals surface area (Å²) in [5.41, 5.74) is 3.72. The highest BCUT2D eigenvalue weighted by Gasteiger charge is 2.25. The fraction of sp³-hybridized carbons (Fsp3) is 0.280. The van der Waals surface area contributed by atoms with Crippen LogP contribution in [0.25, 0.3) is 21.8 Å². The Balaban J connectivity index is 1.55. The predicted molar refractivity (Wildman–Crippen MR) is 119 cm³/mol. The first kappa shape index (κ1) is 19.4. The predicted octanol–water partition coefficient (Wildman–Crippen LogP) is 4.66. The minimum Gasteiger partial charge on any atom is -0.451 e. The second-order valence-corrected chi connectivity index (χ2v) is 8.01. The maximum Gasteiger partial charge on any atom is 0.339 e. The number of hydrogen-bond donors (Lipinski definition) is 1. The summed E-state index contributed by atoms with van der Waals surface area (Å²) >= 11 is 0. The summed E-state index contributed by atoms with van der Waals surface area (Å²) in [5.74, 6) is -0.0680. The molecule has 0 saturated carbocycles. The SMILES string of the molecule is CC(OC(=O)c1c2c(nc3ccccc13)CCCCC2)c1nc2ccccc2c(=O)[nH]1.